The summed E-state index contributed by atoms with van der Waals surface area (Å²) in [5, 5.41) is 7.50. The van der Waals surface area contributed by atoms with Crippen molar-refractivity contribution >= 4 is 66.8 Å². The first-order valence-electron chi connectivity index (χ1n) is 21.4. The first-order valence-corrected chi connectivity index (χ1v) is 21.4. The van der Waals surface area contributed by atoms with Crippen LogP contribution in [0, 0.1) is 0 Å². The van der Waals surface area contributed by atoms with Crippen LogP contribution in [0.15, 0.2) is 231 Å². The second-order valence-electron chi connectivity index (χ2n) is 16.5. The quantitative estimate of drug-likeness (QED) is 0.142. The molecular formula is C59H42N2. The Balaban J connectivity index is 0.949. The smallest absolute Gasteiger partial charge is 0.0713 e. The molecule has 0 radical (unpaired) electrons. The molecule has 0 aromatic heterocycles. The van der Waals surface area contributed by atoms with Crippen LogP contribution < -0.4 is 9.80 Å². The highest BCUT2D eigenvalue weighted by Crippen LogP contribution is 2.63. The zero-order valence-electron chi connectivity index (χ0n) is 33.7. The number of hydrogen-bond donors (Lipinski definition) is 0. The number of anilines is 5. The van der Waals surface area contributed by atoms with Crippen LogP contribution in [0.25, 0.3) is 60.6 Å². The highest BCUT2D eigenvalue weighted by atomic mass is 15.3. The van der Waals surface area contributed by atoms with Crippen molar-refractivity contribution in [1.82, 2.24) is 0 Å². The van der Waals surface area contributed by atoms with Gasteiger partial charge in [0, 0.05) is 34.4 Å². The third-order valence-electron chi connectivity index (χ3n) is 13.1. The summed E-state index contributed by atoms with van der Waals surface area (Å²) < 4.78 is 0. The summed E-state index contributed by atoms with van der Waals surface area (Å²) >= 11 is 0. The molecule has 2 nitrogen and oxygen atoms in total. The minimum absolute atomic E-state index is 0.0805. The molecule has 1 saturated carbocycles. The van der Waals surface area contributed by atoms with Gasteiger partial charge in [0.25, 0.3) is 0 Å². The number of para-hydroxylation sites is 4. The van der Waals surface area contributed by atoms with Gasteiger partial charge in [-0.3, -0.25) is 0 Å². The number of benzene rings is 10. The van der Waals surface area contributed by atoms with Crippen LogP contribution in [-0.2, 0) is 0 Å². The predicted octanol–water partition coefficient (Wildman–Crippen LogP) is 16.0. The number of hydrogen-bond acceptors (Lipinski definition) is 2. The standard InChI is InChI=1S/C59H42N2/c1-5-17-46(18-6-1)60(47-19-7-2-8-20-47)50-33-31-41-37-44(30-29-42(41)39-50)57-52-25-13-15-27-54(52)58(55-28-16-14-26-53(55)57)45-32-34-51-43(38-45)35-36-59(40-56(51)59)61(48-21-9-3-10-22-48)49-23-11-4-12-24-49/h1-39,56H,40H2. The Kier molecular flexibility index (Phi) is 8.24. The molecule has 10 aromatic rings. The molecule has 2 heteroatoms. The van der Waals surface area contributed by atoms with E-state index in [0.29, 0.717) is 5.92 Å². The van der Waals surface area contributed by atoms with Crippen LogP contribution in [0.1, 0.15) is 23.5 Å². The average molecular weight is 779 g/mol. The largest absolute Gasteiger partial charge is 0.331 e. The Morgan fingerprint density at radius 1 is 0.377 bits per heavy atom. The van der Waals surface area contributed by atoms with Gasteiger partial charge in [0.2, 0.25) is 0 Å². The van der Waals surface area contributed by atoms with Gasteiger partial charge in [0.1, 0.15) is 0 Å². The molecule has 0 bridgehead atoms. The highest BCUT2D eigenvalue weighted by molar-refractivity contribution is 6.21. The topological polar surface area (TPSA) is 6.48 Å². The zero-order valence-corrected chi connectivity index (χ0v) is 33.7. The Labute approximate surface area is 356 Å². The Bertz CT molecular complexity index is 3150. The highest BCUT2D eigenvalue weighted by Gasteiger charge is 2.59. The van der Waals surface area contributed by atoms with Gasteiger partial charge in [0.15, 0.2) is 0 Å². The maximum Gasteiger partial charge on any atom is 0.0713 e. The third kappa shape index (κ3) is 5.86. The van der Waals surface area contributed by atoms with Crippen molar-refractivity contribution in [1.29, 1.82) is 0 Å². The van der Waals surface area contributed by atoms with Gasteiger partial charge in [-0.25, -0.2) is 0 Å². The average Bonchev–Trinajstić information content (AvgIpc) is 4.08. The molecule has 0 amide bonds. The van der Waals surface area contributed by atoms with Crippen LogP contribution >= 0.6 is 0 Å². The molecule has 0 saturated heterocycles. The van der Waals surface area contributed by atoms with E-state index in [1.165, 1.54) is 77.1 Å². The molecular weight excluding hydrogens is 737 g/mol. The van der Waals surface area contributed by atoms with Crippen molar-refractivity contribution in [3.63, 3.8) is 0 Å². The van der Waals surface area contributed by atoms with Gasteiger partial charge in [-0.05, 0) is 145 Å². The van der Waals surface area contributed by atoms with Crippen LogP contribution in [-0.4, -0.2) is 5.54 Å². The van der Waals surface area contributed by atoms with E-state index in [1.807, 2.05) is 0 Å². The van der Waals surface area contributed by atoms with Gasteiger partial charge in [0.05, 0.1) is 5.54 Å². The van der Waals surface area contributed by atoms with E-state index in [2.05, 4.69) is 246 Å². The van der Waals surface area contributed by atoms with Crippen molar-refractivity contribution in [2.75, 3.05) is 9.80 Å². The summed E-state index contributed by atoms with van der Waals surface area (Å²) in [4.78, 5) is 4.88. The van der Waals surface area contributed by atoms with Crippen molar-refractivity contribution in [3.05, 3.63) is 242 Å². The molecule has 10 aromatic carbocycles. The second-order valence-corrected chi connectivity index (χ2v) is 16.5. The van der Waals surface area contributed by atoms with Gasteiger partial charge in [-0.1, -0.05) is 164 Å². The van der Waals surface area contributed by atoms with Crippen LogP contribution in [0.3, 0.4) is 0 Å². The molecule has 1 fully saturated rings. The minimum Gasteiger partial charge on any atom is -0.331 e. The van der Waals surface area contributed by atoms with Gasteiger partial charge >= 0.3 is 0 Å². The molecule has 288 valence electrons. The monoisotopic (exact) mass is 778 g/mol. The SMILES string of the molecule is C1=CC2(N(c3ccccc3)c3ccccc3)CC2c2ccc(-c3c4ccccc4c(-c4ccc5cc(N(c6ccccc6)c6ccccc6)ccc5c4)c4ccccc34)cc21. The summed E-state index contributed by atoms with van der Waals surface area (Å²) in [6.07, 6.45) is 5.96. The Morgan fingerprint density at radius 2 is 0.820 bits per heavy atom. The van der Waals surface area contributed by atoms with Crippen molar-refractivity contribution in [2.24, 2.45) is 0 Å². The Morgan fingerprint density at radius 3 is 1.36 bits per heavy atom. The molecule has 2 aliphatic carbocycles. The maximum absolute atomic E-state index is 2.56. The fourth-order valence-electron chi connectivity index (χ4n) is 10.2. The fraction of sp³-hybridized carbons (Fsp3) is 0.0508. The van der Waals surface area contributed by atoms with E-state index in [1.54, 1.807) is 0 Å². The lowest BCUT2D eigenvalue weighted by atomic mass is 9.84. The van der Waals surface area contributed by atoms with Gasteiger partial charge < -0.3 is 9.80 Å². The van der Waals surface area contributed by atoms with Crippen LogP contribution in [0.5, 0.6) is 0 Å². The summed E-state index contributed by atoms with van der Waals surface area (Å²) in [6.45, 7) is 0. The molecule has 12 rings (SSSR count). The van der Waals surface area contributed by atoms with E-state index >= 15 is 0 Å². The molecule has 2 unspecified atom stereocenters. The first kappa shape index (κ1) is 35.3. The number of rotatable bonds is 8. The number of fused-ring (bicyclic) bond motifs is 6. The van der Waals surface area contributed by atoms with E-state index < -0.39 is 0 Å². The third-order valence-corrected chi connectivity index (χ3v) is 13.1. The Hall–Kier alpha value is -7.68. The van der Waals surface area contributed by atoms with Gasteiger partial charge in [-0.2, -0.15) is 0 Å². The lowest BCUT2D eigenvalue weighted by Crippen LogP contribution is -2.34. The van der Waals surface area contributed by atoms with E-state index in [0.717, 1.165) is 23.5 Å². The lowest BCUT2D eigenvalue weighted by molar-refractivity contribution is 0.765. The number of nitrogens with zero attached hydrogens (tertiary/aromatic N) is 2. The van der Waals surface area contributed by atoms with E-state index in [4.69, 9.17) is 0 Å². The summed E-state index contributed by atoms with van der Waals surface area (Å²) in [5.41, 5.74) is 13.6. The fourth-order valence-corrected chi connectivity index (χ4v) is 10.2. The van der Waals surface area contributed by atoms with E-state index in [9.17, 15) is 0 Å². The zero-order chi connectivity index (χ0) is 40.3. The normalized spacial score (nSPS) is 16.3. The van der Waals surface area contributed by atoms with Crippen LogP contribution in [0.2, 0.25) is 0 Å². The summed E-state index contributed by atoms with van der Waals surface area (Å²) in [6, 6.07) is 82.1. The minimum atomic E-state index is -0.0805. The molecule has 2 aliphatic rings. The molecule has 61 heavy (non-hydrogen) atoms. The lowest BCUT2D eigenvalue weighted by Gasteiger charge is -2.35. The van der Waals surface area contributed by atoms with Gasteiger partial charge in [-0.15, -0.1) is 0 Å². The molecule has 0 heterocycles. The van der Waals surface area contributed by atoms with Crippen LogP contribution in [0.4, 0.5) is 28.4 Å². The first-order chi connectivity index (χ1) is 30.2. The second kappa shape index (κ2) is 14.3. The summed E-state index contributed by atoms with van der Waals surface area (Å²) in [5.74, 6) is 0.418. The van der Waals surface area contributed by atoms with Crippen molar-refractivity contribution in [3.8, 4) is 22.3 Å². The maximum atomic E-state index is 2.56. The molecule has 0 aliphatic heterocycles. The van der Waals surface area contributed by atoms with E-state index in [-0.39, 0.29) is 5.54 Å². The predicted molar refractivity (Wildman–Crippen MR) is 259 cm³/mol. The molecule has 2 atom stereocenters. The molecule has 0 N–H and O–H groups in total. The summed E-state index contributed by atoms with van der Waals surface area (Å²) in [7, 11) is 0. The molecule has 0 spiro atoms. The van der Waals surface area contributed by atoms with Crippen molar-refractivity contribution < 1.29 is 0 Å². The van der Waals surface area contributed by atoms with Crippen molar-refractivity contribution in [2.45, 2.75) is 17.9 Å².